The lowest BCUT2D eigenvalue weighted by molar-refractivity contribution is 0.0734. The molecule has 1 atom stereocenters. The van der Waals surface area contributed by atoms with Gasteiger partial charge in [-0.15, -0.1) is 0 Å². The van der Waals surface area contributed by atoms with Gasteiger partial charge in [-0.1, -0.05) is 18.2 Å². The average Bonchev–Trinajstić information content (AvgIpc) is 2.61. The Hall–Kier alpha value is -3.09. The van der Waals surface area contributed by atoms with Crippen LogP contribution in [0, 0.1) is 0 Å². The van der Waals surface area contributed by atoms with E-state index in [0.717, 1.165) is 5.69 Å². The van der Waals surface area contributed by atoms with Gasteiger partial charge < -0.3 is 4.90 Å². The maximum Gasteiger partial charge on any atom is 0.275 e. The number of aromatic nitrogens is 4. The summed E-state index contributed by atoms with van der Waals surface area (Å²) >= 11 is 0. The Bertz CT molecular complexity index is 907. The van der Waals surface area contributed by atoms with Crippen molar-refractivity contribution in [2.75, 3.05) is 7.05 Å². The first-order chi connectivity index (χ1) is 11.1. The van der Waals surface area contributed by atoms with Gasteiger partial charge in [-0.3, -0.25) is 9.59 Å². The molecule has 7 heteroatoms. The van der Waals surface area contributed by atoms with Gasteiger partial charge in [-0.2, -0.15) is 5.10 Å². The van der Waals surface area contributed by atoms with E-state index in [9.17, 15) is 9.59 Å². The molecule has 0 aliphatic rings. The van der Waals surface area contributed by atoms with Crippen molar-refractivity contribution in [1.82, 2.24) is 25.1 Å². The summed E-state index contributed by atoms with van der Waals surface area (Å²) in [5.41, 5.74) is 0.622. The number of nitrogens with zero attached hydrogens (tertiary/aromatic N) is 4. The maximum absolute atomic E-state index is 12.8. The predicted molar refractivity (Wildman–Crippen MR) is 84.9 cm³/mol. The van der Waals surface area contributed by atoms with Crippen LogP contribution in [0.1, 0.15) is 29.1 Å². The molecule has 7 nitrogen and oxygen atoms in total. The normalized spacial score (nSPS) is 12.1. The number of carbonyl (C=O) groups excluding carboxylic acids is 1. The zero-order valence-corrected chi connectivity index (χ0v) is 12.7. The lowest BCUT2D eigenvalue weighted by Crippen LogP contribution is -2.32. The number of hydrogen-bond acceptors (Lipinski definition) is 5. The standard InChI is InChI=1S/C16H15N5O2/c1-10(13-7-8-17-9-18-13)21(2)16(23)14-11-5-3-4-6-12(11)15(22)20-19-14/h3-10H,1-2H3,(H,20,22). The summed E-state index contributed by atoms with van der Waals surface area (Å²) in [6.45, 7) is 1.87. The molecule has 3 aromatic rings. The zero-order valence-electron chi connectivity index (χ0n) is 12.7. The number of carbonyl (C=O) groups is 1. The minimum atomic E-state index is -0.316. The van der Waals surface area contributed by atoms with Gasteiger partial charge >= 0.3 is 0 Å². The summed E-state index contributed by atoms with van der Waals surface area (Å²) in [5.74, 6) is -0.288. The van der Waals surface area contributed by atoms with E-state index in [4.69, 9.17) is 0 Å². The SMILES string of the molecule is CC(c1ccncn1)N(C)C(=O)c1n[nH]c(=O)c2ccccc12. The summed E-state index contributed by atoms with van der Waals surface area (Å²) in [5, 5.41) is 7.29. The molecule has 0 aliphatic carbocycles. The number of benzene rings is 1. The van der Waals surface area contributed by atoms with Crippen LogP contribution in [0.15, 0.2) is 47.7 Å². The fraction of sp³-hybridized carbons (Fsp3) is 0.188. The zero-order chi connectivity index (χ0) is 16.4. The third-order valence-electron chi connectivity index (χ3n) is 3.83. The average molecular weight is 309 g/mol. The molecule has 1 aromatic carbocycles. The smallest absolute Gasteiger partial charge is 0.275 e. The molecule has 0 spiro atoms. The highest BCUT2D eigenvalue weighted by atomic mass is 16.2. The second kappa shape index (κ2) is 5.96. The number of amides is 1. The van der Waals surface area contributed by atoms with Crippen LogP contribution in [-0.2, 0) is 0 Å². The van der Waals surface area contributed by atoms with Crippen molar-refractivity contribution < 1.29 is 4.79 Å². The molecule has 0 saturated heterocycles. The predicted octanol–water partition coefficient (Wildman–Crippen LogP) is 1.55. The lowest BCUT2D eigenvalue weighted by Gasteiger charge is -2.24. The first-order valence-corrected chi connectivity index (χ1v) is 7.10. The highest BCUT2D eigenvalue weighted by Gasteiger charge is 2.23. The first kappa shape index (κ1) is 14.8. The Morgan fingerprint density at radius 2 is 1.96 bits per heavy atom. The van der Waals surface area contributed by atoms with Crippen molar-refractivity contribution in [2.45, 2.75) is 13.0 Å². The van der Waals surface area contributed by atoms with Gasteiger partial charge in [0.05, 0.1) is 17.1 Å². The Morgan fingerprint density at radius 3 is 2.65 bits per heavy atom. The molecule has 3 rings (SSSR count). The Kier molecular flexibility index (Phi) is 3.84. The molecule has 1 amide bonds. The number of nitrogens with one attached hydrogen (secondary N) is 1. The van der Waals surface area contributed by atoms with Crippen molar-refractivity contribution in [3.63, 3.8) is 0 Å². The van der Waals surface area contributed by atoms with Crippen LogP contribution in [0.3, 0.4) is 0 Å². The molecule has 2 heterocycles. The van der Waals surface area contributed by atoms with Crippen molar-refractivity contribution in [3.8, 4) is 0 Å². The Morgan fingerprint density at radius 1 is 1.22 bits per heavy atom. The van der Waals surface area contributed by atoms with Crippen LogP contribution in [0.4, 0.5) is 0 Å². The van der Waals surface area contributed by atoms with Crippen LogP contribution >= 0.6 is 0 Å². The third kappa shape index (κ3) is 2.68. The maximum atomic E-state index is 12.8. The number of aromatic amines is 1. The largest absolute Gasteiger partial charge is 0.332 e. The van der Waals surface area contributed by atoms with E-state index < -0.39 is 0 Å². The van der Waals surface area contributed by atoms with Crippen molar-refractivity contribution >= 4 is 16.7 Å². The van der Waals surface area contributed by atoms with Gasteiger partial charge in [0, 0.05) is 18.6 Å². The van der Waals surface area contributed by atoms with E-state index in [2.05, 4.69) is 20.2 Å². The monoisotopic (exact) mass is 309 g/mol. The number of rotatable bonds is 3. The summed E-state index contributed by atoms with van der Waals surface area (Å²) in [6, 6.07) is 8.41. The molecule has 0 bridgehead atoms. The molecule has 1 unspecified atom stereocenters. The van der Waals surface area contributed by atoms with E-state index in [-0.39, 0.29) is 23.2 Å². The second-order valence-electron chi connectivity index (χ2n) is 5.17. The molecular formula is C16H15N5O2. The minimum Gasteiger partial charge on any atom is -0.332 e. The van der Waals surface area contributed by atoms with Gasteiger partial charge in [0.1, 0.15) is 6.33 Å². The summed E-state index contributed by atoms with van der Waals surface area (Å²) in [7, 11) is 1.68. The molecule has 0 fully saturated rings. The van der Waals surface area contributed by atoms with Crippen LogP contribution < -0.4 is 5.56 Å². The topological polar surface area (TPSA) is 91.8 Å². The molecule has 116 valence electrons. The van der Waals surface area contributed by atoms with E-state index >= 15 is 0 Å². The van der Waals surface area contributed by atoms with Gasteiger partial charge in [0.25, 0.3) is 11.5 Å². The van der Waals surface area contributed by atoms with E-state index in [0.29, 0.717) is 10.8 Å². The van der Waals surface area contributed by atoms with Crippen molar-refractivity contribution in [3.05, 3.63) is 64.6 Å². The highest BCUT2D eigenvalue weighted by Crippen LogP contribution is 2.20. The number of fused-ring (bicyclic) bond motifs is 1. The number of H-pyrrole nitrogens is 1. The molecule has 0 radical (unpaired) electrons. The number of hydrogen-bond donors (Lipinski definition) is 1. The molecule has 0 aliphatic heterocycles. The molecule has 0 saturated carbocycles. The van der Waals surface area contributed by atoms with Gasteiger partial charge in [0.2, 0.25) is 0 Å². The highest BCUT2D eigenvalue weighted by molar-refractivity contribution is 6.04. The van der Waals surface area contributed by atoms with Gasteiger partial charge in [0.15, 0.2) is 5.69 Å². The third-order valence-corrected chi connectivity index (χ3v) is 3.83. The van der Waals surface area contributed by atoms with Gasteiger partial charge in [-0.25, -0.2) is 15.1 Å². The Labute approximate surface area is 132 Å². The lowest BCUT2D eigenvalue weighted by atomic mass is 10.1. The summed E-state index contributed by atoms with van der Waals surface area (Å²) < 4.78 is 0. The quantitative estimate of drug-likeness (QED) is 0.792. The molecule has 23 heavy (non-hydrogen) atoms. The summed E-state index contributed by atoms with van der Waals surface area (Å²) in [4.78, 5) is 34.2. The van der Waals surface area contributed by atoms with E-state index in [1.807, 2.05) is 6.92 Å². The minimum absolute atomic E-state index is 0.212. The Balaban J connectivity index is 2.01. The van der Waals surface area contributed by atoms with E-state index in [1.54, 1.807) is 43.6 Å². The molecule has 1 N–H and O–H groups in total. The van der Waals surface area contributed by atoms with Crippen LogP contribution in [0.5, 0.6) is 0 Å². The van der Waals surface area contributed by atoms with Crippen LogP contribution in [0.25, 0.3) is 10.8 Å². The van der Waals surface area contributed by atoms with Crippen LogP contribution in [0.2, 0.25) is 0 Å². The molecule has 2 aromatic heterocycles. The van der Waals surface area contributed by atoms with E-state index in [1.165, 1.54) is 11.2 Å². The van der Waals surface area contributed by atoms with Crippen molar-refractivity contribution in [1.29, 1.82) is 0 Å². The molecular weight excluding hydrogens is 294 g/mol. The van der Waals surface area contributed by atoms with Gasteiger partial charge in [-0.05, 0) is 19.1 Å². The summed E-state index contributed by atoms with van der Waals surface area (Å²) in [6.07, 6.45) is 3.07. The second-order valence-corrected chi connectivity index (χ2v) is 5.17. The first-order valence-electron chi connectivity index (χ1n) is 7.10. The van der Waals surface area contributed by atoms with Crippen LogP contribution in [-0.4, -0.2) is 38.0 Å². The fourth-order valence-electron chi connectivity index (χ4n) is 2.37. The fourth-order valence-corrected chi connectivity index (χ4v) is 2.37. The van der Waals surface area contributed by atoms with Crippen molar-refractivity contribution in [2.24, 2.45) is 0 Å².